The SMILES string of the molecule is Cn1cc(CC(=O)c2nc3ccccc3cc2Br)nn1. The van der Waals surface area contributed by atoms with Crippen molar-refractivity contribution in [1.82, 2.24) is 20.0 Å². The van der Waals surface area contributed by atoms with Crippen LogP contribution in [-0.2, 0) is 13.5 Å². The zero-order valence-corrected chi connectivity index (χ0v) is 12.3. The summed E-state index contributed by atoms with van der Waals surface area (Å²) in [5.74, 6) is -0.0804. The maximum absolute atomic E-state index is 12.3. The average molecular weight is 331 g/mol. The molecular formula is C14H11BrN4O. The van der Waals surface area contributed by atoms with Gasteiger partial charge in [-0.3, -0.25) is 9.48 Å². The van der Waals surface area contributed by atoms with E-state index in [-0.39, 0.29) is 12.2 Å². The predicted molar refractivity (Wildman–Crippen MR) is 78.5 cm³/mol. The number of para-hydroxylation sites is 1. The number of hydrogen-bond acceptors (Lipinski definition) is 4. The Hall–Kier alpha value is -2.08. The Labute approximate surface area is 123 Å². The van der Waals surface area contributed by atoms with Gasteiger partial charge >= 0.3 is 0 Å². The van der Waals surface area contributed by atoms with Gasteiger partial charge in [0.2, 0.25) is 0 Å². The van der Waals surface area contributed by atoms with E-state index >= 15 is 0 Å². The second-order valence-corrected chi connectivity index (χ2v) is 5.35. The Balaban J connectivity index is 1.96. The highest BCUT2D eigenvalue weighted by molar-refractivity contribution is 9.10. The van der Waals surface area contributed by atoms with E-state index < -0.39 is 0 Å². The van der Waals surface area contributed by atoms with Crippen molar-refractivity contribution in [3.8, 4) is 0 Å². The second-order valence-electron chi connectivity index (χ2n) is 4.50. The van der Waals surface area contributed by atoms with Gasteiger partial charge in [-0.25, -0.2) is 4.98 Å². The minimum atomic E-state index is -0.0804. The van der Waals surface area contributed by atoms with Gasteiger partial charge in [0.05, 0.1) is 17.6 Å². The monoisotopic (exact) mass is 330 g/mol. The molecule has 0 atom stereocenters. The molecule has 6 heteroatoms. The fourth-order valence-electron chi connectivity index (χ4n) is 2.01. The fraction of sp³-hybridized carbons (Fsp3) is 0.143. The lowest BCUT2D eigenvalue weighted by atomic mass is 10.1. The topological polar surface area (TPSA) is 60.7 Å². The Bertz CT molecular complexity index is 797. The molecule has 0 amide bonds. The van der Waals surface area contributed by atoms with Gasteiger partial charge in [0.15, 0.2) is 5.78 Å². The van der Waals surface area contributed by atoms with E-state index in [1.807, 2.05) is 30.3 Å². The lowest BCUT2D eigenvalue weighted by Crippen LogP contribution is -2.07. The third-order valence-corrected chi connectivity index (χ3v) is 3.54. The molecule has 3 rings (SSSR count). The molecule has 0 bridgehead atoms. The van der Waals surface area contributed by atoms with Gasteiger partial charge in [0.25, 0.3) is 0 Å². The van der Waals surface area contributed by atoms with Crippen LogP contribution in [0.1, 0.15) is 16.2 Å². The molecule has 0 aliphatic rings. The molecule has 0 aliphatic carbocycles. The smallest absolute Gasteiger partial charge is 0.188 e. The van der Waals surface area contributed by atoms with E-state index in [1.165, 1.54) is 0 Å². The predicted octanol–water partition coefficient (Wildman–Crippen LogP) is 2.55. The maximum atomic E-state index is 12.3. The summed E-state index contributed by atoms with van der Waals surface area (Å²) in [5, 5.41) is 8.74. The number of fused-ring (bicyclic) bond motifs is 1. The number of nitrogens with zero attached hydrogens (tertiary/aromatic N) is 4. The van der Waals surface area contributed by atoms with Crippen molar-refractivity contribution >= 4 is 32.6 Å². The van der Waals surface area contributed by atoms with Crippen LogP contribution in [0.2, 0.25) is 0 Å². The number of hydrogen-bond donors (Lipinski definition) is 0. The van der Waals surface area contributed by atoms with Gasteiger partial charge in [-0.1, -0.05) is 23.4 Å². The largest absolute Gasteiger partial charge is 0.292 e. The molecule has 0 saturated carbocycles. The van der Waals surface area contributed by atoms with Crippen LogP contribution >= 0.6 is 15.9 Å². The molecule has 1 aromatic carbocycles. The third-order valence-electron chi connectivity index (χ3n) is 2.93. The molecular weight excluding hydrogens is 320 g/mol. The van der Waals surface area contributed by atoms with E-state index in [0.29, 0.717) is 15.9 Å². The summed E-state index contributed by atoms with van der Waals surface area (Å²) in [6, 6.07) is 9.61. The zero-order chi connectivity index (χ0) is 14.1. The highest BCUT2D eigenvalue weighted by Gasteiger charge is 2.15. The van der Waals surface area contributed by atoms with Crippen molar-refractivity contribution in [1.29, 1.82) is 0 Å². The number of ketones is 1. The fourth-order valence-corrected chi connectivity index (χ4v) is 2.57. The highest BCUT2D eigenvalue weighted by Crippen LogP contribution is 2.22. The summed E-state index contributed by atoms with van der Waals surface area (Å²) in [7, 11) is 1.77. The molecule has 0 fully saturated rings. The molecule has 0 unspecified atom stereocenters. The van der Waals surface area contributed by atoms with E-state index in [1.54, 1.807) is 17.9 Å². The molecule has 5 nitrogen and oxygen atoms in total. The first kappa shape index (κ1) is 12.9. The van der Waals surface area contributed by atoms with Crippen molar-refractivity contribution in [2.24, 2.45) is 7.05 Å². The Morgan fingerprint density at radius 2 is 2.15 bits per heavy atom. The quantitative estimate of drug-likeness (QED) is 0.692. The van der Waals surface area contributed by atoms with Gasteiger partial charge in [0, 0.05) is 23.1 Å². The summed E-state index contributed by atoms with van der Waals surface area (Å²) >= 11 is 3.41. The third kappa shape index (κ3) is 2.46. The minimum Gasteiger partial charge on any atom is -0.292 e. The lowest BCUT2D eigenvalue weighted by molar-refractivity contribution is 0.0986. The molecule has 2 heterocycles. The van der Waals surface area contributed by atoms with Crippen molar-refractivity contribution in [2.75, 3.05) is 0 Å². The number of carbonyl (C=O) groups is 1. The number of halogens is 1. The molecule has 2 aromatic heterocycles. The first-order valence-corrected chi connectivity index (χ1v) is 6.86. The van der Waals surface area contributed by atoms with Crippen molar-refractivity contribution in [3.05, 3.63) is 52.4 Å². The van der Waals surface area contributed by atoms with Crippen molar-refractivity contribution < 1.29 is 4.79 Å². The van der Waals surface area contributed by atoms with Crippen LogP contribution in [0.3, 0.4) is 0 Å². The van der Waals surface area contributed by atoms with Crippen LogP contribution in [0.4, 0.5) is 0 Å². The Morgan fingerprint density at radius 3 is 2.90 bits per heavy atom. The van der Waals surface area contributed by atoms with E-state index in [0.717, 1.165) is 10.9 Å². The number of aromatic nitrogens is 4. The van der Waals surface area contributed by atoms with Crippen LogP contribution < -0.4 is 0 Å². The maximum Gasteiger partial charge on any atom is 0.188 e. The van der Waals surface area contributed by atoms with Crippen LogP contribution in [0, 0.1) is 0 Å². The molecule has 100 valence electrons. The molecule has 20 heavy (non-hydrogen) atoms. The Kier molecular flexibility index (Phi) is 3.31. The lowest BCUT2D eigenvalue weighted by Gasteiger charge is -2.04. The summed E-state index contributed by atoms with van der Waals surface area (Å²) in [6.07, 6.45) is 1.92. The number of carbonyl (C=O) groups excluding carboxylic acids is 1. The molecule has 0 saturated heterocycles. The number of rotatable bonds is 3. The van der Waals surface area contributed by atoms with Gasteiger partial charge in [0.1, 0.15) is 5.69 Å². The molecule has 3 aromatic rings. The first-order valence-electron chi connectivity index (χ1n) is 6.07. The number of Topliss-reactive ketones (excluding diaryl/α,β-unsaturated/α-hetero) is 1. The zero-order valence-electron chi connectivity index (χ0n) is 10.7. The summed E-state index contributed by atoms with van der Waals surface area (Å²) < 4.78 is 2.27. The number of benzene rings is 1. The average Bonchev–Trinajstić information content (AvgIpc) is 2.83. The van der Waals surface area contributed by atoms with Crippen molar-refractivity contribution in [3.63, 3.8) is 0 Å². The molecule has 0 aliphatic heterocycles. The van der Waals surface area contributed by atoms with Crippen molar-refractivity contribution in [2.45, 2.75) is 6.42 Å². The second kappa shape index (κ2) is 5.13. The number of pyridine rings is 1. The van der Waals surface area contributed by atoms with Crippen LogP contribution in [0.15, 0.2) is 41.0 Å². The van der Waals surface area contributed by atoms with Gasteiger partial charge < -0.3 is 0 Å². The van der Waals surface area contributed by atoms with Crippen LogP contribution in [0.25, 0.3) is 10.9 Å². The highest BCUT2D eigenvalue weighted by atomic mass is 79.9. The van der Waals surface area contributed by atoms with E-state index in [9.17, 15) is 4.79 Å². The van der Waals surface area contributed by atoms with Gasteiger partial charge in [-0.05, 0) is 28.1 Å². The standard InChI is InChI=1S/C14H11BrN4O/c1-19-8-10(17-18-19)7-13(20)14-11(15)6-9-4-2-3-5-12(9)16-14/h2-6,8H,7H2,1H3. The van der Waals surface area contributed by atoms with Crippen LogP contribution in [-0.4, -0.2) is 25.8 Å². The summed E-state index contributed by atoms with van der Waals surface area (Å²) in [6.45, 7) is 0. The molecule has 0 N–H and O–H groups in total. The Morgan fingerprint density at radius 1 is 1.35 bits per heavy atom. The van der Waals surface area contributed by atoms with E-state index in [2.05, 4.69) is 31.2 Å². The van der Waals surface area contributed by atoms with Gasteiger partial charge in [-0.15, -0.1) is 5.10 Å². The summed E-state index contributed by atoms with van der Waals surface area (Å²) in [4.78, 5) is 16.7. The normalized spacial score (nSPS) is 10.9. The minimum absolute atomic E-state index is 0.0804. The van der Waals surface area contributed by atoms with Gasteiger partial charge in [-0.2, -0.15) is 0 Å². The molecule has 0 radical (unpaired) electrons. The first-order chi connectivity index (χ1) is 9.63. The number of aryl methyl sites for hydroxylation is 1. The van der Waals surface area contributed by atoms with E-state index in [4.69, 9.17) is 0 Å². The summed E-state index contributed by atoms with van der Waals surface area (Å²) in [5.41, 5.74) is 1.87. The molecule has 0 spiro atoms. The van der Waals surface area contributed by atoms with Crippen LogP contribution in [0.5, 0.6) is 0 Å².